The predicted molar refractivity (Wildman–Crippen MR) is 76.7 cm³/mol. The van der Waals surface area contributed by atoms with Crippen molar-refractivity contribution in [3.05, 3.63) is 35.4 Å². The molecule has 0 aliphatic carbocycles. The number of carbonyl (C=O) groups excluding carboxylic acids is 1. The van der Waals surface area contributed by atoms with Crippen LogP contribution in [0.2, 0.25) is 0 Å². The molecule has 4 heteroatoms. The third kappa shape index (κ3) is 4.65. The Morgan fingerprint density at radius 1 is 1.42 bits per heavy atom. The summed E-state index contributed by atoms with van der Waals surface area (Å²) < 4.78 is 0. The number of piperidine rings is 1. The second-order valence-corrected chi connectivity index (χ2v) is 5.40. The lowest BCUT2D eigenvalue weighted by Crippen LogP contribution is -2.46. The maximum absolute atomic E-state index is 11.9. The van der Waals surface area contributed by atoms with E-state index in [4.69, 9.17) is 5.73 Å². The first-order valence-corrected chi connectivity index (χ1v) is 6.93. The molecule has 0 saturated carbocycles. The number of hydrogen-bond acceptors (Lipinski definition) is 3. The Hall–Kier alpha value is -1.39. The van der Waals surface area contributed by atoms with E-state index >= 15 is 0 Å². The van der Waals surface area contributed by atoms with Crippen LogP contribution in [0, 0.1) is 6.92 Å². The van der Waals surface area contributed by atoms with Gasteiger partial charge in [-0.2, -0.15) is 0 Å². The lowest BCUT2D eigenvalue weighted by molar-refractivity contribution is -0.122. The first-order valence-electron chi connectivity index (χ1n) is 6.93. The van der Waals surface area contributed by atoms with E-state index < -0.39 is 0 Å². The summed E-state index contributed by atoms with van der Waals surface area (Å²) in [5.74, 6) is 0.0784. The summed E-state index contributed by atoms with van der Waals surface area (Å²) in [6, 6.07) is 8.44. The molecular formula is C15H23N3O. The minimum atomic E-state index is 0.0784. The fourth-order valence-electron chi connectivity index (χ4n) is 2.40. The highest BCUT2D eigenvalue weighted by Gasteiger charge is 2.18. The van der Waals surface area contributed by atoms with Gasteiger partial charge in [-0.3, -0.25) is 9.69 Å². The van der Waals surface area contributed by atoms with E-state index in [9.17, 15) is 4.79 Å². The molecule has 1 aliphatic rings. The number of nitrogens with two attached hydrogens (primary N) is 1. The van der Waals surface area contributed by atoms with E-state index in [0.717, 1.165) is 31.5 Å². The van der Waals surface area contributed by atoms with Crippen LogP contribution in [0.4, 0.5) is 0 Å². The third-order valence-corrected chi connectivity index (χ3v) is 3.52. The number of likely N-dealkylation sites (tertiary alicyclic amines) is 1. The molecular weight excluding hydrogens is 238 g/mol. The summed E-state index contributed by atoms with van der Waals surface area (Å²) in [6.45, 7) is 4.92. The smallest absolute Gasteiger partial charge is 0.234 e. The molecule has 0 radical (unpaired) electrons. The average molecular weight is 261 g/mol. The molecule has 1 aromatic rings. The molecule has 1 fully saturated rings. The van der Waals surface area contributed by atoms with E-state index in [1.807, 2.05) is 12.1 Å². The molecule has 1 saturated heterocycles. The van der Waals surface area contributed by atoms with Crippen LogP contribution >= 0.6 is 0 Å². The van der Waals surface area contributed by atoms with Crippen molar-refractivity contribution in [2.24, 2.45) is 5.73 Å². The molecule has 1 heterocycles. The van der Waals surface area contributed by atoms with Gasteiger partial charge in [0.05, 0.1) is 6.54 Å². The molecule has 104 valence electrons. The lowest BCUT2D eigenvalue weighted by atomic mass is 10.1. The van der Waals surface area contributed by atoms with Gasteiger partial charge in [0.15, 0.2) is 0 Å². The van der Waals surface area contributed by atoms with E-state index in [2.05, 4.69) is 29.3 Å². The SMILES string of the molecule is Cc1ccc(CNC(=O)CN2CCC[C@@H](N)C2)cc1. The van der Waals surface area contributed by atoms with Crippen LogP contribution in [0.1, 0.15) is 24.0 Å². The van der Waals surface area contributed by atoms with Crippen molar-refractivity contribution >= 4 is 5.91 Å². The van der Waals surface area contributed by atoms with Gasteiger partial charge in [0, 0.05) is 19.1 Å². The van der Waals surface area contributed by atoms with Gasteiger partial charge in [0.2, 0.25) is 5.91 Å². The van der Waals surface area contributed by atoms with Crippen molar-refractivity contribution in [2.45, 2.75) is 32.4 Å². The molecule has 0 spiro atoms. The monoisotopic (exact) mass is 261 g/mol. The standard InChI is InChI=1S/C15H23N3O/c1-12-4-6-13(7-5-12)9-17-15(19)11-18-8-2-3-14(16)10-18/h4-7,14H,2-3,8-11,16H2,1H3,(H,17,19)/t14-/m1/s1. The predicted octanol–water partition coefficient (Wildman–Crippen LogP) is 1.03. The minimum Gasteiger partial charge on any atom is -0.351 e. The van der Waals surface area contributed by atoms with Gasteiger partial charge in [-0.05, 0) is 31.9 Å². The largest absolute Gasteiger partial charge is 0.351 e. The third-order valence-electron chi connectivity index (χ3n) is 3.52. The molecule has 3 N–H and O–H groups in total. The molecule has 0 unspecified atom stereocenters. The summed E-state index contributed by atoms with van der Waals surface area (Å²) in [7, 11) is 0. The lowest BCUT2D eigenvalue weighted by Gasteiger charge is -2.29. The second kappa shape index (κ2) is 6.68. The van der Waals surface area contributed by atoms with Gasteiger partial charge in [-0.1, -0.05) is 29.8 Å². The molecule has 0 bridgehead atoms. The molecule has 1 amide bonds. The van der Waals surface area contributed by atoms with Crippen LogP contribution in [0.25, 0.3) is 0 Å². The Morgan fingerprint density at radius 3 is 2.84 bits per heavy atom. The zero-order valence-electron chi connectivity index (χ0n) is 11.6. The first-order chi connectivity index (χ1) is 9.13. The van der Waals surface area contributed by atoms with Gasteiger partial charge < -0.3 is 11.1 Å². The minimum absolute atomic E-state index is 0.0784. The number of nitrogens with one attached hydrogen (secondary N) is 1. The van der Waals surface area contributed by atoms with E-state index in [-0.39, 0.29) is 11.9 Å². The molecule has 4 nitrogen and oxygen atoms in total. The maximum atomic E-state index is 11.9. The number of carbonyl (C=O) groups is 1. The van der Waals surface area contributed by atoms with E-state index in [1.54, 1.807) is 0 Å². The summed E-state index contributed by atoms with van der Waals surface area (Å²) in [5, 5.41) is 2.96. The zero-order chi connectivity index (χ0) is 13.7. The Bertz CT molecular complexity index is 416. The van der Waals surface area contributed by atoms with Crippen molar-refractivity contribution in [3.8, 4) is 0 Å². The van der Waals surface area contributed by atoms with Gasteiger partial charge in [-0.15, -0.1) is 0 Å². The molecule has 0 aromatic heterocycles. The fourth-order valence-corrected chi connectivity index (χ4v) is 2.40. The second-order valence-electron chi connectivity index (χ2n) is 5.40. The first kappa shape index (κ1) is 14.0. The highest BCUT2D eigenvalue weighted by molar-refractivity contribution is 5.78. The summed E-state index contributed by atoms with van der Waals surface area (Å²) >= 11 is 0. The Labute approximate surface area is 115 Å². The van der Waals surface area contributed by atoms with Crippen LogP contribution < -0.4 is 11.1 Å². The highest BCUT2D eigenvalue weighted by atomic mass is 16.2. The van der Waals surface area contributed by atoms with E-state index in [1.165, 1.54) is 5.56 Å². The number of benzene rings is 1. The normalized spacial score (nSPS) is 20.2. The zero-order valence-corrected chi connectivity index (χ0v) is 11.6. The van der Waals surface area contributed by atoms with Crippen molar-refractivity contribution in [2.75, 3.05) is 19.6 Å². The highest BCUT2D eigenvalue weighted by Crippen LogP contribution is 2.07. The topological polar surface area (TPSA) is 58.4 Å². The summed E-state index contributed by atoms with van der Waals surface area (Å²) in [5.41, 5.74) is 8.27. The van der Waals surface area contributed by atoms with Crippen LogP contribution in [0.5, 0.6) is 0 Å². The van der Waals surface area contributed by atoms with Gasteiger partial charge in [0.25, 0.3) is 0 Å². The molecule has 1 atom stereocenters. The van der Waals surface area contributed by atoms with Crippen molar-refractivity contribution in [3.63, 3.8) is 0 Å². The number of rotatable bonds is 4. The number of hydrogen-bond donors (Lipinski definition) is 2. The van der Waals surface area contributed by atoms with Crippen molar-refractivity contribution in [1.82, 2.24) is 10.2 Å². The van der Waals surface area contributed by atoms with Crippen molar-refractivity contribution in [1.29, 1.82) is 0 Å². The maximum Gasteiger partial charge on any atom is 0.234 e. The Kier molecular flexibility index (Phi) is 4.93. The quantitative estimate of drug-likeness (QED) is 0.851. The molecule has 1 aromatic carbocycles. The number of amides is 1. The number of nitrogens with zero attached hydrogens (tertiary/aromatic N) is 1. The Balaban J connectivity index is 1.73. The van der Waals surface area contributed by atoms with Crippen LogP contribution in [0.3, 0.4) is 0 Å². The van der Waals surface area contributed by atoms with E-state index in [0.29, 0.717) is 13.1 Å². The summed E-state index contributed by atoms with van der Waals surface area (Å²) in [4.78, 5) is 14.0. The van der Waals surface area contributed by atoms with Crippen molar-refractivity contribution < 1.29 is 4.79 Å². The Morgan fingerprint density at radius 2 is 2.16 bits per heavy atom. The van der Waals surface area contributed by atoms with Crippen LogP contribution in [0.15, 0.2) is 24.3 Å². The van der Waals surface area contributed by atoms with Crippen LogP contribution in [-0.4, -0.2) is 36.5 Å². The molecule has 1 aliphatic heterocycles. The summed E-state index contributed by atoms with van der Waals surface area (Å²) in [6.07, 6.45) is 2.16. The molecule has 19 heavy (non-hydrogen) atoms. The van der Waals surface area contributed by atoms with Gasteiger partial charge in [-0.25, -0.2) is 0 Å². The number of aryl methyl sites for hydroxylation is 1. The average Bonchev–Trinajstić information content (AvgIpc) is 2.38. The van der Waals surface area contributed by atoms with Gasteiger partial charge >= 0.3 is 0 Å². The van der Waals surface area contributed by atoms with Crippen LogP contribution in [-0.2, 0) is 11.3 Å². The molecule has 2 rings (SSSR count). The van der Waals surface area contributed by atoms with Gasteiger partial charge in [0.1, 0.15) is 0 Å². The fraction of sp³-hybridized carbons (Fsp3) is 0.533.